The Morgan fingerprint density at radius 3 is 2.71 bits per heavy atom. The van der Waals surface area contributed by atoms with E-state index >= 15 is 0 Å². The monoisotopic (exact) mass is 327 g/mol. The molecule has 0 radical (unpaired) electrons. The number of benzene rings is 2. The van der Waals surface area contributed by atoms with Gasteiger partial charge in [0.25, 0.3) is 0 Å². The lowest BCUT2D eigenvalue weighted by molar-refractivity contribution is -0.386. The molecule has 1 aliphatic heterocycles. The minimum Gasteiger partial charge on any atom is -0.493 e. The molecule has 0 aliphatic carbocycles. The molecular formula is C17H17N3O4. The number of methoxy groups -OCH3 is 1. The Hall–Kier alpha value is -3.09. The maximum Gasteiger partial charge on any atom is 0.315 e. The molecular weight excluding hydrogens is 310 g/mol. The summed E-state index contributed by atoms with van der Waals surface area (Å²) in [6.07, 6.45) is 0. The van der Waals surface area contributed by atoms with Crippen molar-refractivity contribution in [2.75, 3.05) is 20.2 Å². The second-order valence-corrected chi connectivity index (χ2v) is 5.22. The normalized spacial score (nSPS) is 13.1. The van der Waals surface area contributed by atoms with E-state index < -0.39 is 4.92 Å². The number of aliphatic imine (C=N–C) groups is 1. The van der Waals surface area contributed by atoms with Crippen molar-refractivity contribution in [1.29, 1.82) is 0 Å². The van der Waals surface area contributed by atoms with Crippen molar-refractivity contribution < 1.29 is 14.4 Å². The van der Waals surface area contributed by atoms with E-state index in [-0.39, 0.29) is 18.0 Å². The van der Waals surface area contributed by atoms with Crippen LogP contribution < -0.4 is 14.8 Å². The number of nitrogens with zero attached hydrogens (tertiary/aromatic N) is 2. The van der Waals surface area contributed by atoms with Crippen LogP contribution in [0.15, 0.2) is 47.5 Å². The highest BCUT2D eigenvalue weighted by molar-refractivity contribution is 6.01. The van der Waals surface area contributed by atoms with Crippen LogP contribution in [-0.2, 0) is 6.61 Å². The highest BCUT2D eigenvalue weighted by Gasteiger charge is 2.24. The molecule has 3 rings (SSSR count). The zero-order chi connectivity index (χ0) is 16.9. The van der Waals surface area contributed by atoms with Crippen LogP contribution in [0.5, 0.6) is 11.5 Å². The van der Waals surface area contributed by atoms with Gasteiger partial charge in [0, 0.05) is 18.2 Å². The predicted octanol–water partition coefficient (Wildman–Crippen LogP) is 2.53. The third kappa shape index (κ3) is 3.29. The van der Waals surface area contributed by atoms with Gasteiger partial charge in [-0.05, 0) is 11.6 Å². The number of rotatable bonds is 6. The van der Waals surface area contributed by atoms with E-state index in [4.69, 9.17) is 9.47 Å². The van der Waals surface area contributed by atoms with Crippen LogP contribution in [0, 0.1) is 10.1 Å². The van der Waals surface area contributed by atoms with Crippen molar-refractivity contribution in [3.63, 3.8) is 0 Å². The first-order valence-electron chi connectivity index (χ1n) is 7.51. The van der Waals surface area contributed by atoms with Crippen molar-refractivity contribution in [3.05, 3.63) is 63.7 Å². The number of nitro groups is 1. The molecule has 0 bridgehead atoms. The molecule has 1 N–H and O–H groups in total. The van der Waals surface area contributed by atoms with Gasteiger partial charge in [-0.15, -0.1) is 0 Å². The Morgan fingerprint density at radius 2 is 2.08 bits per heavy atom. The van der Waals surface area contributed by atoms with Gasteiger partial charge in [-0.2, -0.15) is 0 Å². The molecule has 124 valence electrons. The molecule has 0 spiro atoms. The number of hydrogen-bond acceptors (Lipinski definition) is 6. The first kappa shape index (κ1) is 15.8. The van der Waals surface area contributed by atoms with Crippen LogP contribution >= 0.6 is 0 Å². The molecule has 7 heteroatoms. The van der Waals surface area contributed by atoms with Crippen LogP contribution in [0.25, 0.3) is 0 Å². The fourth-order valence-corrected chi connectivity index (χ4v) is 2.48. The summed E-state index contributed by atoms with van der Waals surface area (Å²) in [4.78, 5) is 15.3. The average molecular weight is 327 g/mol. The number of hydrogen-bond donors (Lipinski definition) is 1. The Labute approximate surface area is 139 Å². The third-order valence-corrected chi connectivity index (χ3v) is 3.63. The second kappa shape index (κ2) is 6.99. The Balaban J connectivity index is 1.95. The van der Waals surface area contributed by atoms with Gasteiger partial charge in [-0.1, -0.05) is 30.3 Å². The van der Waals surface area contributed by atoms with Crippen LogP contribution in [0.2, 0.25) is 0 Å². The fourth-order valence-electron chi connectivity index (χ4n) is 2.48. The Morgan fingerprint density at radius 1 is 1.29 bits per heavy atom. The van der Waals surface area contributed by atoms with Crippen LogP contribution in [-0.4, -0.2) is 31.0 Å². The summed E-state index contributed by atoms with van der Waals surface area (Å²) < 4.78 is 11.0. The van der Waals surface area contributed by atoms with Crippen molar-refractivity contribution in [1.82, 2.24) is 5.32 Å². The van der Waals surface area contributed by atoms with Crippen LogP contribution in [0.4, 0.5) is 5.69 Å². The van der Waals surface area contributed by atoms with Crippen molar-refractivity contribution in [2.45, 2.75) is 6.61 Å². The maximum atomic E-state index is 11.5. The molecule has 2 aromatic carbocycles. The highest BCUT2D eigenvalue weighted by Crippen LogP contribution is 2.39. The third-order valence-electron chi connectivity index (χ3n) is 3.63. The van der Waals surface area contributed by atoms with Gasteiger partial charge in [0.1, 0.15) is 12.4 Å². The minimum atomic E-state index is -0.470. The Kier molecular flexibility index (Phi) is 4.60. The molecule has 0 fully saturated rings. The molecule has 1 aliphatic rings. The number of nitro benzene ring substituents is 1. The number of amidine groups is 1. The predicted molar refractivity (Wildman–Crippen MR) is 89.8 cm³/mol. The number of nitrogens with one attached hydrogen (secondary N) is 1. The first-order valence-corrected chi connectivity index (χ1v) is 7.51. The first-order chi connectivity index (χ1) is 11.7. The van der Waals surface area contributed by atoms with Crippen LogP contribution in [0.3, 0.4) is 0 Å². The van der Waals surface area contributed by atoms with Crippen molar-refractivity contribution >= 4 is 11.5 Å². The largest absolute Gasteiger partial charge is 0.493 e. The van der Waals surface area contributed by atoms with Gasteiger partial charge in [-0.3, -0.25) is 15.1 Å². The van der Waals surface area contributed by atoms with Gasteiger partial charge in [0.05, 0.1) is 18.6 Å². The minimum absolute atomic E-state index is 0.119. The van der Waals surface area contributed by atoms with E-state index in [2.05, 4.69) is 10.3 Å². The summed E-state index contributed by atoms with van der Waals surface area (Å²) in [6.45, 7) is 1.59. The maximum absolute atomic E-state index is 11.5. The Bertz CT molecular complexity index is 775. The van der Waals surface area contributed by atoms with E-state index in [0.717, 1.165) is 12.1 Å². The molecule has 0 atom stereocenters. The molecule has 24 heavy (non-hydrogen) atoms. The van der Waals surface area contributed by atoms with Crippen molar-refractivity contribution in [3.8, 4) is 11.5 Å². The van der Waals surface area contributed by atoms with Gasteiger partial charge >= 0.3 is 5.69 Å². The summed E-state index contributed by atoms with van der Waals surface area (Å²) in [6, 6.07) is 12.6. The average Bonchev–Trinajstić information content (AvgIpc) is 3.14. The molecule has 0 saturated carbocycles. The topological polar surface area (TPSA) is 86.0 Å². The molecule has 1 heterocycles. The van der Waals surface area contributed by atoms with Gasteiger partial charge < -0.3 is 14.8 Å². The lowest BCUT2D eigenvalue weighted by Crippen LogP contribution is -2.19. The van der Waals surface area contributed by atoms with Gasteiger partial charge in [0.15, 0.2) is 5.75 Å². The summed E-state index contributed by atoms with van der Waals surface area (Å²) in [5.74, 6) is 1.06. The zero-order valence-electron chi connectivity index (χ0n) is 13.2. The molecule has 0 aromatic heterocycles. The SMILES string of the molecule is COc1cc(C2=NCCN2)cc([N+](=O)[O-])c1OCc1ccccc1. The highest BCUT2D eigenvalue weighted by atomic mass is 16.6. The van der Waals surface area contributed by atoms with Gasteiger partial charge in [0.2, 0.25) is 5.75 Å². The lowest BCUT2D eigenvalue weighted by Gasteiger charge is -2.13. The van der Waals surface area contributed by atoms with E-state index in [9.17, 15) is 10.1 Å². The van der Waals surface area contributed by atoms with E-state index in [1.54, 1.807) is 6.07 Å². The van der Waals surface area contributed by atoms with Crippen LogP contribution in [0.1, 0.15) is 11.1 Å². The lowest BCUT2D eigenvalue weighted by atomic mass is 10.1. The summed E-state index contributed by atoms with van der Waals surface area (Å²) >= 11 is 0. The number of ether oxygens (including phenoxy) is 2. The molecule has 0 amide bonds. The zero-order valence-corrected chi connectivity index (χ0v) is 13.2. The molecule has 2 aromatic rings. The van der Waals surface area contributed by atoms with E-state index in [1.807, 2.05) is 30.3 Å². The van der Waals surface area contributed by atoms with Gasteiger partial charge in [-0.25, -0.2) is 0 Å². The molecule has 7 nitrogen and oxygen atoms in total. The fraction of sp³-hybridized carbons (Fsp3) is 0.235. The van der Waals surface area contributed by atoms with Crippen molar-refractivity contribution in [2.24, 2.45) is 4.99 Å². The summed E-state index contributed by atoms with van der Waals surface area (Å²) in [7, 11) is 1.46. The standard InChI is InChI=1S/C17H17N3O4/c1-23-15-10-13(17-18-7-8-19-17)9-14(20(21)22)16(15)24-11-12-5-3-2-4-6-12/h2-6,9-10H,7-8,11H2,1H3,(H,18,19). The second-order valence-electron chi connectivity index (χ2n) is 5.22. The van der Waals surface area contributed by atoms with E-state index in [0.29, 0.717) is 23.7 Å². The summed E-state index contributed by atoms with van der Waals surface area (Å²) in [5.41, 5.74) is 1.39. The molecule has 0 unspecified atom stereocenters. The quantitative estimate of drug-likeness (QED) is 0.651. The summed E-state index contributed by atoms with van der Waals surface area (Å²) in [5, 5.41) is 14.6. The smallest absolute Gasteiger partial charge is 0.315 e. The van der Waals surface area contributed by atoms with E-state index in [1.165, 1.54) is 13.2 Å². The molecule has 0 saturated heterocycles.